The van der Waals surface area contributed by atoms with Gasteiger partial charge in [0.05, 0.1) is 25.3 Å². The van der Waals surface area contributed by atoms with E-state index >= 15 is 0 Å². The van der Waals surface area contributed by atoms with Crippen molar-refractivity contribution < 1.29 is 48.0 Å². The average molecular weight is 738 g/mol. The topological polar surface area (TPSA) is 156 Å². The molecule has 4 bridgehead atoms. The van der Waals surface area contributed by atoms with Gasteiger partial charge in [0.2, 0.25) is 11.8 Å². The summed E-state index contributed by atoms with van der Waals surface area (Å²) in [7, 11) is 5.98. The van der Waals surface area contributed by atoms with E-state index in [0.29, 0.717) is 23.6 Å². The first-order chi connectivity index (χ1) is 23.5. The maximum absolute atomic E-state index is 14.0. The Bertz CT molecular complexity index is 1540. The van der Waals surface area contributed by atoms with E-state index < -0.39 is 65.7 Å². The predicted octanol–water partition coefficient (Wildman–Crippen LogP) is 3.83. The van der Waals surface area contributed by atoms with E-state index in [9.17, 15) is 24.3 Å². The van der Waals surface area contributed by atoms with E-state index in [1.54, 1.807) is 45.2 Å². The zero-order chi connectivity index (χ0) is 37.1. The van der Waals surface area contributed by atoms with Crippen LogP contribution in [0.2, 0.25) is 5.02 Å². The molecule has 4 rings (SSSR count). The van der Waals surface area contributed by atoms with Crippen molar-refractivity contribution in [2.75, 3.05) is 39.0 Å². The summed E-state index contributed by atoms with van der Waals surface area (Å²) in [6, 6.07) is 2.60. The number of nitrogens with one attached hydrogen (secondary N) is 1. The van der Waals surface area contributed by atoms with Crippen LogP contribution >= 0.6 is 24.2 Å². The Morgan fingerprint density at radius 2 is 1.98 bits per heavy atom. The summed E-state index contributed by atoms with van der Waals surface area (Å²) in [4.78, 5) is 55.6. The molecule has 0 unspecified atom stereocenters. The molecule has 8 atom stereocenters. The second kappa shape index (κ2) is 15.9. The molecule has 3 heterocycles. The van der Waals surface area contributed by atoms with Crippen LogP contribution in [-0.4, -0.2) is 110 Å². The highest BCUT2D eigenvalue weighted by molar-refractivity contribution is 7.80. The van der Waals surface area contributed by atoms with Crippen LogP contribution in [0.3, 0.4) is 0 Å². The van der Waals surface area contributed by atoms with E-state index in [0.717, 1.165) is 11.1 Å². The van der Waals surface area contributed by atoms with E-state index in [-0.39, 0.29) is 30.2 Å². The van der Waals surface area contributed by atoms with Gasteiger partial charge in [-0.3, -0.25) is 14.9 Å². The largest absolute Gasteiger partial charge is 0.495 e. The van der Waals surface area contributed by atoms with Crippen molar-refractivity contribution in [3.63, 3.8) is 0 Å². The minimum Gasteiger partial charge on any atom is -0.495 e. The molecule has 3 aliphatic rings. The van der Waals surface area contributed by atoms with Crippen LogP contribution in [-0.2, 0) is 39.8 Å². The monoisotopic (exact) mass is 737 g/mol. The number of amides is 3. The maximum atomic E-state index is 14.0. The molecule has 3 aliphatic heterocycles. The van der Waals surface area contributed by atoms with E-state index in [1.165, 1.54) is 38.0 Å². The molecule has 276 valence electrons. The average Bonchev–Trinajstić information content (AvgIpc) is 3.76. The Kier molecular flexibility index (Phi) is 12.6. The van der Waals surface area contributed by atoms with Crippen molar-refractivity contribution in [2.45, 2.75) is 95.2 Å². The number of hydrogen-bond donors (Lipinski definition) is 3. The number of thiol groups is 1. The van der Waals surface area contributed by atoms with Crippen LogP contribution in [0.4, 0.5) is 10.5 Å². The second-order valence-electron chi connectivity index (χ2n) is 13.4. The summed E-state index contributed by atoms with van der Waals surface area (Å²) >= 11 is 10.8. The number of benzene rings is 1. The molecule has 2 fully saturated rings. The normalized spacial score (nSPS) is 32.3. The second-order valence-corrected chi connectivity index (χ2v) is 14.2. The molecule has 3 amide bonds. The minimum atomic E-state index is -1.82. The van der Waals surface area contributed by atoms with Crippen molar-refractivity contribution in [1.82, 2.24) is 10.2 Å². The third-order valence-electron chi connectivity index (χ3n) is 9.85. The van der Waals surface area contributed by atoms with Gasteiger partial charge in [0.1, 0.15) is 40.7 Å². The number of allylic oxidation sites excluding steroid dienone is 3. The number of halogens is 1. The first-order valence-corrected chi connectivity index (χ1v) is 17.5. The number of alkyl carbamates (subject to hydrolysis) is 1. The standard InChI is InChI=1S/C35H48ClN3O10S/c1-19-10-9-11-26(46-8)35(44)18-25(47-33(43)37-35)20(2)31-34(4,49-31)27(48-32(42)21(3)38(5)28(40)12-13-50)17-29(41)39(6)23-15-22(14-19)16-24(45-7)30(23)36/h9-11,15-16,20-21,25-27,31,44,50H,12-14,17-18H2,1-8H3,(H,37,43)/b11-9-,19-10-/t20-,21-,25+,26-,27+,31+,34+,35+/m1/s1. The molecular formula is C35H48ClN3O10S. The third-order valence-corrected chi connectivity index (χ3v) is 10.5. The van der Waals surface area contributed by atoms with Gasteiger partial charge in [-0.1, -0.05) is 42.3 Å². The zero-order valence-electron chi connectivity index (χ0n) is 29.7. The molecule has 2 N–H and O–H groups in total. The number of carbonyl (C=O) groups excluding carboxylic acids is 4. The van der Waals surface area contributed by atoms with Crippen molar-refractivity contribution in [2.24, 2.45) is 5.92 Å². The quantitative estimate of drug-likeness (QED) is 0.214. The number of fused-ring (bicyclic) bond motifs is 5. The Balaban J connectivity index is 1.78. The van der Waals surface area contributed by atoms with Gasteiger partial charge < -0.3 is 38.6 Å². The maximum Gasteiger partial charge on any atom is 0.409 e. The molecule has 2 saturated heterocycles. The summed E-state index contributed by atoms with van der Waals surface area (Å²) < 4.78 is 29.0. The van der Waals surface area contributed by atoms with Gasteiger partial charge in [-0.25, -0.2) is 9.59 Å². The summed E-state index contributed by atoms with van der Waals surface area (Å²) in [5, 5.41) is 14.4. The first kappa shape index (κ1) is 39.5. The van der Waals surface area contributed by atoms with Crippen molar-refractivity contribution >= 4 is 53.8 Å². The number of nitrogens with zero attached hydrogens (tertiary/aromatic N) is 2. The lowest BCUT2D eigenvalue weighted by atomic mass is 9.83. The fourth-order valence-corrected chi connectivity index (χ4v) is 6.99. The molecule has 0 radical (unpaired) electrons. The molecule has 15 heteroatoms. The van der Waals surface area contributed by atoms with E-state index in [1.807, 2.05) is 13.0 Å². The molecule has 0 aliphatic carbocycles. The van der Waals surface area contributed by atoms with Gasteiger partial charge in [-0.2, -0.15) is 12.6 Å². The third kappa shape index (κ3) is 8.42. The Labute approximate surface area is 303 Å². The van der Waals surface area contributed by atoms with Gasteiger partial charge in [0.25, 0.3) is 0 Å². The van der Waals surface area contributed by atoms with Crippen LogP contribution in [0.5, 0.6) is 5.75 Å². The molecular weight excluding hydrogens is 690 g/mol. The number of hydrogen-bond acceptors (Lipinski definition) is 11. The number of anilines is 1. The lowest BCUT2D eigenvalue weighted by Crippen LogP contribution is -2.63. The number of methoxy groups -OCH3 is 2. The fourth-order valence-electron chi connectivity index (χ4n) is 6.49. The fraction of sp³-hybridized carbons (Fsp3) is 0.600. The molecule has 13 nitrogen and oxygen atoms in total. The number of epoxide rings is 1. The zero-order valence-corrected chi connectivity index (χ0v) is 31.4. The van der Waals surface area contributed by atoms with Gasteiger partial charge in [-0.15, -0.1) is 0 Å². The highest BCUT2D eigenvalue weighted by Gasteiger charge is 2.64. The Hall–Kier alpha value is -3.30. The van der Waals surface area contributed by atoms with Crippen molar-refractivity contribution in [3.05, 3.63) is 46.5 Å². The summed E-state index contributed by atoms with van der Waals surface area (Å²) in [6.07, 6.45) is 1.08. The Morgan fingerprint density at radius 1 is 1.28 bits per heavy atom. The highest BCUT2D eigenvalue weighted by atomic mass is 35.5. The van der Waals surface area contributed by atoms with Crippen molar-refractivity contribution in [1.29, 1.82) is 0 Å². The molecule has 0 aromatic heterocycles. The number of likely N-dealkylation sites (N-methyl/N-ethyl adjacent to an activating group) is 1. The first-order valence-electron chi connectivity index (χ1n) is 16.4. The number of carbonyl (C=O) groups is 4. The van der Waals surface area contributed by atoms with Crippen LogP contribution in [0.1, 0.15) is 52.5 Å². The van der Waals surface area contributed by atoms with Crippen LogP contribution in [0.15, 0.2) is 35.9 Å². The summed E-state index contributed by atoms with van der Waals surface area (Å²) in [6.45, 7) is 6.96. The van der Waals surface area contributed by atoms with Gasteiger partial charge >= 0.3 is 12.1 Å². The molecule has 0 saturated carbocycles. The van der Waals surface area contributed by atoms with Crippen LogP contribution in [0, 0.1) is 5.92 Å². The lowest BCUT2D eigenvalue weighted by molar-refractivity contribution is -0.161. The van der Waals surface area contributed by atoms with Gasteiger partial charge in [0.15, 0.2) is 5.72 Å². The summed E-state index contributed by atoms with van der Waals surface area (Å²) in [5.41, 5.74) is -0.903. The number of aliphatic hydroxyl groups is 1. The smallest absolute Gasteiger partial charge is 0.409 e. The Morgan fingerprint density at radius 3 is 2.62 bits per heavy atom. The van der Waals surface area contributed by atoms with Crippen LogP contribution < -0.4 is 15.0 Å². The van der Waals surface area contributed by atoms with E-state index in [4.69, 9.17) is 35.3 Å². The summed E-state index contributed by atoms with van der Waals surface area (Å²) in [5.74, 6) is -1.30. The number of esters is 1. The molecule has 0 spiro atoms. The van der Waals surface area contributed by atoms with Crippen molar-refractivity contribution in [3.8, 4) is 5.75 Å². The lowest BCUT2D eigenvalue weighted by Gasteiger charge is -2.42. The predicted molar refractivity (Wildman–Crippen MR) is 189 cm³/mol. The number of ether oxygens (including phenoxy) is 5. The van der Waals surface area contributed by atoms with Gasteiger partial charge in [0, 0.05) is 40.0 Å². The van der Waals surface area contributed by atoms with E-state index in [2.05, 4.69) is 17.9 Å². The van der Waals surface area contributed by atoms with Gasteiger partial charge in [-0.05, 0) is 50.6 Å². The minimum absolute atomic E-state index is 0.0489. The molecule has 1 aromatic carbocycles. The number of rotatable bonds is 7. The molecule has 50 heavy (non-hydrogen) atoms. The highest BCUT2D eigenvalue weighted by Crippen LogP contribution is 2.49. The molecule has 1 aromatic rings. The SMILES string of the molecule is COc1cc2cc(c1Cl)N(C)C(=O)C[C@H](OC(=O)[C@@H](C)N(C)C(=O)CCS)[C@]1(C)O[C@H]1[C@H](C)[C@@H]1C[C@@](O)(NC(=O)O1)[C@H](OC)/C=C\C=C(\C)C2. The van der Waals surface area contributed by atoms with Crippen LogP contribution in [0.25, 0.3) is 0 Å².